The summed E-state index contributed by atoms with van der Waals surface area (Å²) in [6, 6.07) is 0. The van der Waals surface area contributed by atoms with E-state index in [1.165, 1.54) is 5.57 Å². The minimum Gasteiger partial charge on any atom is -0.103 e. The highest BCUT2D eigenvalue weighted by Crippen LogP contribution is 2.34. The molecule has 0 rings (SSSR count). The third-order valence-electron chi connectivity index (χ3n) is 2.45. The van der Waals surface area contributed by atoms with Crippen molar-refractivity contribution >= 4 is 0 Å². The van der Waals surface area contributed by atoms with Gasteiger partial charge < -0.3 is 0 Å². The van der Waals surface area contributed by atoms with E-state index in [2.05, 4.69) is 60.3 Å². The zero-order chi connectivity index (χ0) is 10.6. The molecule has 0 aromatic carbocycles. The highest BCUT2D eigenvalue weighted by Gasteiger charge is 2.25. The molecule has 13 heavy (non-hydrogen) atoms. The molecule has 0 aliphatic heterocycles. The van der Waals surface area contributed by atoms with E-state index in [1.54, 1.807) is 0 Å². The largest absolute Gasteiger partial charge is 0.103 e. The van der Waals surface area contributed by atoms with Gasteiger partial charge in [-0.25, -0.2) is 0 Å². The highest BCUT2D eigenvalue weighted by atomic mass is 14.3. The monoisotopic (exact) mass is 180 g/mol. The number of hydrogen-bond acceptors (Lipinski definition) is 0. The Labute approximate surface area is 83.7 Å². The molecule has 0 aromatic heterocycles. The van der Waals surface area contributed by atoms with Gasteiger partial charge in [-0.3, -0.25) is 0 Å². The van der Waals surface area contributed by atoms with E-state index in [1.807, 2.05) is 0 Å². The van der Waals surface area contributed by atoms with E-state index in [9.17, 15) is 0 Å². The summed E-state index contributed by atoms with van der Waals surface area (Å²) in [5.41, 5.74) is 1.72. The summed E-state index contributed by atoms with van der Waals surface area (Å²) in [4.78, 5) is 0. The van der Waals surface area contributed by atoms with Crippen LogP contribution < -0.4 is 0 Å². The topological polar surface area (TPSA) is 0 Å². The summed E-state index contributed by atoms with van der Waals surface area (Å²) in [6.45, 7) is 17.3. The predicted octanol–water partition coefficient (Wildman–Crippen LogP) is 4.44. The van der Waals surface area contributed by atoms with Gasteiger partial charge in [-0.2, -0.15) is 0 Å². The molecule has 0 spiro atoms. The van der Waals surface area contributed by atoms with E-state index in [0.29, 0.717) is 17.3 Å². The Morgan fingerprint density at radius 1 is 1.23 bits per heavy atom. The number of allylic oxidation sites excluding steroid dienone is 3. The molecular formula is C13H24. The second-order valence-electron chi connectivity index (χ2n) is 5.23. The fraction of sp³-hybridized carbons (Fsp3) is 0.692. The summed E-state index contributed by atoms with van der Waals surface area (Å²) in [5, 5.41) is 0. The lowest BCUT2D eigenvalue weighted by Gasteiger charge is -2.32. The maximum absolute atomic E-state index is 3.87. The zero-order valence-corrected chi connectivity index (χ0v) is 10.0. The Bertz CT molecular complexity index is 187. The van der Waals surface area contributed by atoms with Crippen molar-refractivity contribution in [3.8, 4) is 0 Å². The fourth-order valence-electron chi connectivity index (χ4n) is 1.70. The van der Waals surface area contributed by atoms with Crippen LogP contribution in [0.4, 0.5) is 0 Å². The lowest BCUT2D eigenvalue weighted by atomic mass is 9.73. The summed E-state index contributed by atoms with van der Waals surface area (Å²) in [5.74, 6) is 1.14. The van der Waals surface area contributed by atoms with Crippen LogP contribution in [-0.4, -0.2) is 0 Å². The molecule has 0 saturated carbocycles. The van der Waals surface area contributed by atoms with Crippen LogP contribution in [0.25, 0.3) is 0 Å². The maximum atomic E-state index is 3.87. The zero-order valence-electron chi connectivity index (χ0n) is 10.0. The van der Waals surface area contributed by atoms with Crippen molar-refractivity contribution in [2.75, 3.05) is 0 Å². The van der Waals surface area contributed by atoms with Crippen LogP contribution in [-0.2, 0) is 0 Å². The maximum Gasteiger partial charge on any atom is -0.0122 e. The Balaban J connectivity index is 4.76. The van der Waals surface area contributed by atoms with Crippen molar-refractivity contribution in [3.63, 3.8) is 0 Å². The van der Waals surface area contributed by atoms with E-state index in [4.69, 9.17) is 0 Å². The van der Waals surface area contributed by atoms with Crippen LogP contribution >= 0.6 is 0 Å². The molecule has 0 aromatic rings. The molecular weight excluding hydrogens is 156 g/mol. The van der Waals surface area contributed by atoms with Gasteiger partial charge >= 0.3 is 0 Å². The minimum atomic E-state index is 0.324. The summed E-state index contributed by atoms with van der Waals surface area (Å²) in [7, 11) is 0. The smallest absolute Gasteiger partial charge is 0.0122 e. The first-order valence-corrected chi connectivity index (χ1v) is 5.06. The lowest BCUT2D eigenvalue weighted by Crippen LogP contribution is -2.24. The van der Waals surface area contributed by atoms with Crippen LogP contribution in [0.15, 0.2) is 24.3 Å². The molecule has 0 bridgehead atoms. The fourth-order valence-corrected chi connectivity index (χ4v) is 1.70. The van der Waals surface area contributed by atoms with Gasteiger partial charge in [0.05, 0.1) is 0 Å². The number of rotatable bonds is 3. The molecule has 0 radical (unpaired) electrons. The Hall–Kier alpha value is -0.520. The second-order valence-corrected chi connectivity index (χ2v) is 5.23. The molecule has 0 N–H and O–H groups in total. The van der Waals surface area contributed by atoms with Crippen LogP contribution in [0.1, 0.15) is 41.5 Å². The van der Waals surface area contributed by atoms with E-state index >= 15 is 0 Å². The molecule has 0 aliphatic carbocycles. The van der Waals surface area contributed by atoms with Gasteiger partial charge in [0.15, 0.2) is 0 Å². The molecule has 0 aliphatic rings. The summed E-state index contributed by atoms with van der Waals surface area (Å²) < 4.78 is 0. The van der Waals surface area contributed by atoms with E-state index in [-0.39, 0.29) is 0 Å². The van der Waals surface area contributed by atoms with E-state index in [0.717, 1.165) is 0 Å². The molecule has 0 fully saturated rings. The van der Waals surface area contributed by atoms with Crippen LogP contribution in [0.2, 0.25) is 0 Å². The standard InChI is InChI=1S/C13H24/c1-8-11(4)12(9-10(2)3)13(5,6)7/h8-9,11-12H,1H2,2-7H3. The lowest BCUT2D eigenvalue weighted by molar-refractivity contribution is 0.245. The Morgan fingerprint density at radius 2 is 1.69 bits per heavy atom. The van der Waals surface area contributed by atoms with Crippen molar-refractivity contribution < 1.29 is 0 Å². The quantitative estimate of drug-likeness (QED) is 0.563. The normalized spacial score (nSPS) is 16.2. The van der Waals surface area contributed by atoms with Gasteiger partial charge in [0.2, 0.25) is 0 Å². The summed E-state index contributed by atoms with van der Waals surface area (Å²) in [6.07, 6.45) is 4.42. The molecule has 0 saturated heterocycles. The van der Waals surface area contributed by atoms with Gasteiger partial charge in [-0.15, -0.1) is 6.58 Å². The van der Waals surface area contributed by atoms with Crippen molar-refractivity contribution in [2.24, 2.45) is 17.3 Å². The molecule has 0 amide bonds. The van der Waals surface area contributed by atoms with Gasteiger partial charge in [0.25, 0.3) is 0 Å². The van der Waals surface area contributed by atoms with Gasteiger partial charge in [0, 0.05) is 0 Å². The van der Waals surface area contributed by atoms with Gasteiger partial charge in [0.1, 0.15) is 0 Å². The highest BCUT2D eigenvalue weighted by molar-refractivity contribution is 5.05. The average molecular weight is 180 g/mol. The molecule has 0 nitrogen and oxygen atoms in total. The third kappa shape index (κ3) is 4.31. The molecule has 2 unspecified atom stereocenters. The van der Waals surface area contributed by atoms with E-state index < -0.39 is 0 Å². The number of hydrogen-bond donors (Lipinski definition) is 0. The molecule has 76 valence electrons. The SMILES string of the molecule is C=CC(C)C(C=C(C)C)C(C)(C)C. The van der Waals surface area contributed by atoms with Crippen molar-refractivity contribution in [1.29, 1.82) is 0 Å². The van der Waals surface area contributed by atoms with Crippen LogP contribution in [0, 0.1) is 17.3 Å². The minimum absolute atomic E-state index is 0.324. The third-order valence-corrected chi connectivity index (χ3v) is 2.45. The Kier molecular flexibility index (Phi) is 4.46. The average Bonchev–Trinajstić information content (AvgIpc) is 1.96. The first-order valence-electron chi connectivity index (χ1n) is 5.06. The predicted molar refractivity (Wildman–Crippen MR) is 61.7 cm³/mol. The van der Waals surface area contributed by atoms with Crippen LogP contribution in [0.3, 0.4) is 0 Å². The van der Waals surface area contributed by atoms with Crippen LogP contribution in [0.5, 0.6) is 0 Å². The first-order chi connectivity index (χ1) is 5.79. The second kappa shape index (κ2) is 4.64. The Morgan fingerprint density at radius 3 is 1.92 bits per heavy atom. The van der Waals surface area contributed by atoms with Gasteiger partial charge in [-0.05, 0) is 31.1 Å². The molecule has 2 atom stereocenters. The van der Waals surface area contributed by atoms with Crippen molar-refractivity contribution in [3.05, 3.63) is 24.3 Å². The molecule has 0 heterocycles. The summed E-state index contributed by atoms with van der Waals surface area (Å²) >= 11 is 0. The van der Waals surface area contributed by atoms with Crippen molar-refractivity contribution in [2.45, 2.75) is 41.5 Å². The molecule has 0 heteroatoms. The van der Waals surface area contributed by atoms with Gasteiger partial charge in [-0.1, -0.05) is 45.4 Å². The van der Waals surface area contributed by atoms with Crippen molar-refractivity contribution in [1.82, 2.24) is 0 Å². The first kappa shape index (κ1) is 12.5.